The lowest BCUT2D eigenvalue weighted by atomic mass is 9.82. The molecule has 244 valence electrons. The molecule has 9 rings (SSSR count). The minimum Gasteiger partial charge on any atom is -0.298 e. The fraction of sp³-hybridized carbons (Fsp3) is 0. The lowest BCUT2D eigenvalue weighted by molar-refractivity contribution is 1.07. The van der Waals surface area contributed by atoms with Gasteiger partial charge in [-0.25, -0.2) is 19.9 Å². The van der Waals surface area contributed by atoms with Gasteiger partial charge in [0.05, 0.1) is 22.6 Å². The van der Waals surface area contributed by atoms with Gasteiger partial charge in [0.2, 0.25) is 0 Å². The molecule has 0 spiro atoms. The van der Waals surface area contributed by atoms with Crippen LogP contribution < -0.4 is 0 Å². The zero-order valence-electron chi connectivity index (χ0n) is 28.0. The SMILES string of the molecule is N=C1C(=N)c2c(c(-c3ccccc3)nc3cc(-c4ccc(-c5nc(-c6ccccc6)nc(-c6ccccc6)n5)cc4)ccc23)C=C1c1ccccc1. The van der Waals surface area contributed by atoms with E-state index in [1.165, 1.54) is 0 Å². The molecule has 0 amide bonds. The van der Waals surface area contributed by atoms with Crippen molar-refractivity contribution >= 4 is 34.0 Å². The zero-order chi connectivity index (χ0) is 35.0. The van der Waals surface area contributed by atoms with Gasteiger partial charge in [0, 0.05) is 44.3 Å². The lowest BCUT2D eigenvalue weighted by Gasteiger charge is -2.23. The fourth-order valence-corrected chi connectivity index (χ4v) is 6.76. The Hall–Kier alpha value is -7.18. The monoisotopic (exact) mass is 666 g/mol. The smallest absolute Gasteiger partial charge is 0.164 e. The Morgan fingerprint density at radius 2 is 0.808 bits per heavy atom. The van der Waals surface area contributed by atoms with Gasteiger partial charge >= 0.3 is 0 Å². The van der Waals surface area contributed by atoms with Crippen molar-refractivity contribution in [2.75, 3.05) is 0 Å². The molecule has 2 N–H and O–H groups in total. The summed E-state index contributed by atoms with van der Waals surface area (Å²) in [6.07, 6.45) is 2.03. The molecule has 2 aromatic heterocycles. The third-order valence-electron chi connectivity index (χ3n) is 9.39. The van der Waals surface area contributed by atoms with Gasteiger partial charge in [0.15, 0.2) is 17.5 Å². The van der Waals surface area contributed by atoms with Crippen LogP contribution in [0.15, 0.2) is 164 Å². The molecule has 2 heterocycles. The van der Waals surface area contributed by atoms with E-state index in [1.54, 1.807) is 0 Å². The average Bonchev–Trinajstić information content (AvgIpc) is 3.22. The first kappa shape index (κ1) is 30.8. The van der Waals surface area contributed by atoms with Crippen molar-refractivity contribution in [3.8, 4) is 56.5 Å². The van der Waals surface area contributed by atoms with Gasteiger partial charge in [-0.15, -0.1) is 0 Å². The number of hydrogen-bond acceptors (Lipinski definition) is 6. The molecule has 6 nitrogen and oxygen atoms in total. The summed E-state index contributed by atoms with van der Waals surface area (Å²) in [6, 6.07) is 54.3. The van der Waals surface area contributed by atoms with E-state index < -0.39 is 0 Å². The molecule has 0 aliphatic heterocycles. The molecule has 1 aliphatic rings. The van der Waals surface area contributed by atoms with Crippen molar-refractivity contribution in [3.63, 3.8) is 0 Å². The first-order valence-electron chi connectivity index (χ1n) is 17.1. The second-order valence-electron chi connectivity index (χ2n) is 12.6. The van der Waals surface area contributed by atoms with E-state index in [0.717, 1.165) is 72.2 Å². The third-order valence-corrected chi connectivity index (χ3v) is 9.39. The van der Waals surface area contributed by atoms with E-state index in [9.17, 15) is 5.41 Å². The summed E-state index contributed by atoms with van der Waals surface area (Å²) in [7, 11) is 0. The topological polar surface area (TPSA) is 99.3 Å². The maximum absolute atomic E-state index is 9.25. The Morgan fingerprint density at radius 3 is 1.35 bits per heavy atom. The number of rotatable bonds is 6. The standard InChI is InChI=1S/C46H30N6/c47-41-37(30-13-5-1-6-14-30)28-38-40(42(41)48)36-26-25-35(27-39(36)49-43(38)31-15-7-2-8-16-31)29-21-23-34(24-22-29)46-51-44(32-17-9-3-10-18-32)50-45(52-46)33-19-11-4-12-20-33/h1-28,47-48H. The highest BCUT2D eigenvalue weighted by Crippen LogP contribution is 2.39. The van der Waals surface area contributed by atoms with Crippen LogP contribution in [0.5, 0.6) is 0 Å². The van der Waals surface area contributed by atoms with E-state index in [1.807, 2.05) is 146 Å². The van der Waals surface area contributed by atoms with Gasteiger partial charge in [0.1, 0.15) is 0 Å². The molecule has 0 saturated carbocycles. The van der Waals surface area contributed by atoms with Gasteiger partial charge in [-0.3, -0.25) is 10.8 Å². The van der Waals surface area contributed by atoms with Crippen LogP contribution in [0.4, 0.5) is 0 Å². The summed E-state index contributed by atoms with van der Waals surface area (Å²) in [5.41, 5.74) is 10.9. The number of nitrogens with one attached hydrogen (secondary N) is 2. The van der Waals surface area contributed by atoms with Crippen LogP contribution in [0.3, 0.4) is 0 Å². The Kier molecular flexibility index (Phi) is 7.67. The molecular weight excluding hydrogens is 637 g/mol. The molecule has 6 aromatic carbocycles. The largest absolute Gasteiger partial charge is 0.298 e. The van der Waals surface area contributed by atoms with Gasteiger partial charge in [-0.05, 0) is 28.8 Å². The van der Waals surface area contributed by atoms with Crippen LogP contribution >= 0.6 is 0 Å². The molecule has 52 heavy (non-hydrogen) atoms. The molecule has 6 heteroatoms. The Bertz CT molecular complexity index is 2610. The molecule has 1 aliphatic carbocycles. The lowest BCUT2D eigenvalue weighted by Crippen LogP contribution is -2.21. The Morgan fingerprint density at radius 1 is 0.365 bits per heavy atom. The van der Waals surface area contributed by atoms with Crippen molar-refractivity contribution in [3.05, 3.63) is 180 Å². The van der Waals surface area contributed by atoms with Crippen molar-refractivity contribution < 1.29 is 0 Å². The molecule has 0 fully saturated rings. The van der Waals surface area contributed by atoms with E-state index in [-0.39, 0.29) is 11.4 Å². The summed E-state index contributed by atoms with van der Waals surface area (Å²) in [6.45, 7) is 0. The van der Waals surface area contributed by atoms with Crippen LogP contribution in [0.25, 0.3) is 79.1 Å². The third kappa shape index (κ3) is 5.58. The predicted octanol–water partition coefficient (Wildman–Crippen LogP) is 10.7. The first-order chi connectivity index (χ1) is 25.6. The Balaban J connectivity index is 1.14. The predicted molar refractivity (Wildman–Crippen MR) is 211 cm³/mol. The summed E-state index contributed by atoms with van der Waals surface area (Å²) >= 11 is 0. The molecule has 0 bridgehead atoms. The van der Waals surface area contributed by atoms with E-state index in [2.05, 4.69) is 24.3 Å². The van der Waals surface area contributed by atoms with Crippen molar-refractivity contribution in [2.24, 2.45) is 0 Å². The fourth-order valence-electron chi connectivity index (χ4n) is 6.76. The van der Waals surface area contributed by atoms with Crippen LogP contribution in [0.2, 0.25) is 0 Å². The molecular formula is C46H30N6. The highest BCUT2D eigenvalue weighted by Gasteiger charge is 2.28. The summed E-state index contributed by atoms with van der Waals surface area (Å²) in [5.74, 6) is 1.84. The zero-order valence-corrected chi connectivity index (χ0v) is 28.0. The highest BCUT2D eigenvalue weighted by molar-refractivity contribution is 6.64. The van der Waals surface area contributed by atoms with Gasteiger partial charge in [-0.1, -0.05) is 158 Å². The van der Waals surface area contributed by atoms with Crippen LogP contribution in [-0.4, -0.2) is 31.4 Å². The minimum atomic E-state index is 0.195. The quantitative estimate of drug-likeness (QED) is 0.184. The second kappa shape index (κ2) is 12.9. The van der Waals surface area contributed by atoms with Crippen LogP contribution in [0.1, 0.15) is 16.7 Å². The number of aromatic nitrogens is 4. The number of allylic oxidation sites excluding steroid dienone is 1. The van der Waals surface area contributed by atoms with Gasteiger partial charge in [-0.2, -0.15) is 0 Å². The summed E-state index contributed by atoms with van der Waals surface area (Å²) in [5, 5.41) is 19.1. The van der Waals surface area contributed by atoms with Crippen LogP contribution in [0, 0.1) is 10.8 Å². The van der Waals surface area contributed by atoms with Gasteiger partial charge in [0.25, 0.3) is 0 Å². The second-order valence-corrected chi connectivity index (χ2v) is 12.6. The highest BCUT2D eigenvalue weighted by atomic mass is 15.0. The summed E-state index contributed by atoms with van der Waals surface area (Å²) < 4.78 is 0. The maximum atomic E-state index is 9.25. The number of benzene rings is 6. The van der Waals surface area contributed by atoms with Crippen molar-refractivity contribution in [1.29, 1.82) is 10.8 Å². The van der Waals surface area contributed by atoms with Gasteiger partial charge < -0.3 is 0 Å². The average molecular weight is 667 g/mol. The molecule has 0 saturated heterocycles. The van der Waals surface area contributed by atoms with Crippen LogP contribution in [-0.2, 0) is 0 Å². The van der Waals surface area contributed by atoms with Crippen molar-refractivity contribution in [2.45, 2.75) is 0 Å². The number of pyridine rings is 1. The number of fused-ring (bicyclic) bond motifs is 3. The minimum absolute atomic E-state index is 0.195. The number of hydrogen-bond donors (Lipinski definition) is 2. The molecule has 0 unspecified atom stereocenters. The molecule has 0 atom stereocenters. The maximum Gasteiger partial charge on any atom is 0.164 e. The number of nitrogens with zero attached hydrogens (tertiary/aromatic N) is 4. The normalized spacial score (nSPS) is 12.4. The van der Waals surface area contributed by atoms with E-state index >= 15 is 0 Å². The first-order valence-corrected chi connectivity index (χ1v) is 17.1. The molecule has 0 radical (unpaired) electrons. The summed E-state index contributed by atoms with van der Waals surface area (Å²) in [4.78, 5) is 19.8. The molecule has 8 aromatic rings. The Labute approximate surface area is 300 Å². The van der Waals surface area contributed by atoms with E-state index in [0.29, 0.717) is 17.5 Å². The van der Waals surface area contributed by atoms with E-state index in [4.69, 9.17) is 25.3 Å². The van der Waals surface area contributed by atoms with Crippen molar-refractivity contribution in [1.82, 2.24) is 19.9 Å².